The molecule has 0 aliphatic rings. The van der Waals surface area contributed by atoms with E-state index in [-0.39, 0.29) is 19.4 Å². The summed E-state index contributed by atoms with van der Waals surface area (Å²) >= 11 is 0. The first-order valence-corrected chi connectivity index (χ1v) is 22.2. The predicted molar refractivity (Wildman–Crippen MR) is 207 cm³/mol. The molecule has 0 fully saturated rings. The molecule has 0 saturated heterocycles. The number of esters is 2. The van der Waals surface area contributed by atoms with Gasteiger partial charge in [0.25, 0.3) is 0 Å². The van der Waals surface area contributed by atoms with E-state index >= 15 is 0 Å². The molecular formula is C41H77O8P. The molecule has 0 aliphatic carbocycles. The molecule has 294 valence electrons. The molecular weight excluding hydrogens is 651 g/mol. The zero-order valence-electron chi connectivity index (χ0n) is 32.3. The lowest BCUT2D eigenvalue weighted by molar-refractivity contribution is -0.161. The zero-order valence-corrected chi connectivity index (χ0v) is 33.2. The molecule has 9 heteroatoms. The molecule has 2 N–H and O–H groups in total. The molecule has 0 unspecified atom stereocenters. The molecule has 0 amide bonds. The third-order valence-electron chi connectivity index (χ3n) is 8.94. The Balaban J connectivity index is 3.90. The number of ether oxygens (including phenoxy) is 2. The quantitative estimate of drug-likeness (QED) is 0.0279. The van der Waals surface area contributed by atoms with Gasteiger partial charge in [-0.2, -0.15) is 0 Å². The largest absolute Gasteiger partial charge is 0.469 e. The second-order valence-corrected chi connectivity index (χ2v) is 15.2. The van der Waals surface area contributed by atoms with Crippen LogP contribution in [0.25, 0.3) is 0 Å². The minimum Gasteiger partial charge on any atom is -0.462 e. The Morgan fingerprint density at radius 3 is 1.24 bits per heavy atom. The molecule has 0 heterocycles. The van der Waals surface area contributed by atoms with Crippen LogP contribution in [0.3, 0.4) is 0 Å². The van der Waals surface area contributed by atoms with Gasteiger partial charge >= 0.3 is 19.8 Å². The first kappa shape index (κ1) is 48.5. The average molecular weight is 729 g/mol. The number of unbranched alkanes of at least 4 members (excludes halogenated alkanes) is 24. The van der Waals surface area contributed by atoms with Crippen molar-refractivity contribution in [2.75, 3.05) is 13.2 Å². The van der Waals surface area contributed by atoms with E-state index in [1.807, 2.05) is 0 Å². The van der Waals surface area contributed by atoms with Gasteiger partial charge in [0.2, 0.25) is 0 Å². The van der Waals surface area contributed by atoms with Crippen LogP contribution in [0.15, 0.2) is 24.3 Å². The molecule has 50 heavy (non-hydrogen) atoms. The molecule has 0 spiro atoms. The summed E-state index contributed by atoms with van der Waals surface area (Å²) in [5.74, 6) is -0.901. The summed E-state index contributed by atoms with van der Waals surface area (Å²) < 4.78 is 26.3. The molecule has 0 aliphatic heterocycles. The first-order valence-electron chi connectivity index (χ1n) is 20.6. The number of carbonyl (C=O) groups excluding carboxylic acids is 2. The maximum absolute atomic E-state index is 12.4. The molecule has 0 saturated carbocycles. The lowest BCUT2D eigenvalue weighted by Crippen LogP contribution is -2.29. The highest BCUT2D eigenvalue weighted by molar-refractivity contribution is 7.46. The monoisotopic (exact) mass is 729 g/mol. The van der Waals surface area contributed by atoms with Crippen LogP contribution in [0.5, 0.6) is 0 Å². The molecule has 0 aromatic rings. The smallest absolute Gasteiger partial charge is 0.462 e. The van der Waals surface area contributed by atoms with Crippen LogP contribution < -0.4 is 0 Å². The predicted octanol–water partition coefficient (Wildman–Crippen LogP) is 12.4. The van der Waals surface area contributed by atoms with Crippen molar-refractivity contribution in [1.29, 1.82) is 0 Å². The Hall–Kier alpha value is -1.47. The topological polar surface area (TPSA) is 119 Å². The highest BCUT2D eigenvalue weighted by Gasteiger charge is 2.22. The number of allylic oxidation sites excluding steroid dienone is 4. The lowest BCUT2D eigenvalue weighted by Gasteiger charge is -2.18. The van der Waals surface area contributed by atoms with Crippen molar-refractivity contribution in [3.8, 4) is 0 Å². The summed E-state index contributed by atoms with van der Waals surface area (Å²) in [5.41, 5.74) is 0. The van der Waals surface area contributed by atoms with Crippen molar-refractivity contribution < 1.29 is 37.9 Å². The van der Waals surface area contributed by atoms with E-state index in [1.165, 1.54) is 128 Å². The molecule has 0 aromatic carbocycles. The van der Waals surface area contributed by atoms with Crippen molar-refractivity contribution in [2.24, 2.45) is 0 Å². The van der Waals surface area contributed by atoms with Crippen molar-refractivity contribution in [1.82, 2.24) is 0 Å². The molecule has 1 atom stereocenters. The highest BCUT2D eigenvalue weighted by Crippen LogP contribution is 2.36. The van der Waals surface area contributed by atoms with Gasteiger partial charge in [0.05, 0.1) is 6.61 Å². The maximum Gasteiger partial charge on any atom is 0.469 e. The third kappa shape index (κ3) is 39.3. The second kappa shape index (κ2) is 37.3. The van der Waals surface area contributed by atoms with E-state index in [2.05, 4.69) is 42.7 Å². The van der Waals surface area contributed by atoms with Crippen LogP contribution >= 0.6 is 7.82 Å². The molecule has 8 nitrogen and oxygen atoms in total. The molecule has 0 aromatic heterocycles. The Morgan fingerprint density at radius 1 is 0.500 bits per heavy atom. The zero-order chi connectivity index (χ0) is 36.8. The lowest BCUT2D eigenvalue weighted by atomic mass is 10.1. The molecule has 0 bridgehead atoms. The fraction of sp³-hybridized carbons (Fsp3) is 0.854. The standard InChI is InChI=1S/C41H77O8P/c1-3-5-7-9-11-13-15-17-18-19-20-21-22-24-25-27-29-31-33-35-40(42)47-37-39(38-48-50(44,45)46)49-41(43)36-34-32-30-28-26-23-16-14-12-10-8-6-4-2/h17-18,23,26,39H,3-16,19-22,24-25,27-38H2,1-2H3,(H2,44,45,46)/b18-17+,26-23+/t39-/m1/s1. The average Bonchev–Trinajstić information content (AvgIpc) is 3.08. The van der Waals surface area contributed by atoms with E-state index in [4.69, 9.17) is 19.3 Å². The second-order valence-electron chi connectivity index (χ2n) is 14.0. The van der Waals surface area contributed by atoms with Gasteiger partial charge in [0, 0.05) is 12.8 Å². The minimum atomic E-state index is -4.75. The number of carbonyl (C=O) groups is 2. The van der Waals surface area contributed by atoms with E-state index < -0.39 is 32.5 Å². The number of rotatable bonds is 38. The van der Waals surface area contributed by atoms with E-state index in [9.17, 15) is 14.2 Å². The summed E-state index contributed by atoms with van der Waals surface area (Å²) in [6.45, 7) is 3.66. The van der Waals surface area contributed by atoms with Crippen molar-refractivity contribution in [3.05, 3.63) is 24.3 Å². The van der Waals surface area contributed by atoms with Crippen LogP contribution in [-0.4, -0.2) is 41.0 Å². The van der Waals surface area contributed by atoms with Gasteiger partial charge in [0.15, 0.2) is 6.10 Å². The SMILES string of the molecule is CCCCCCCC/C=C/CCCCCCCCCCCC(=O)OC[C@H](COP(=O)(O)O)OC(=O)CCCCC/C=C/CCCCCCCC. The van der Waals surface area contributed by atoms with Gasteiger partial charge < -0.3 is 19.3 Å². The van der Waals surface area contributed by atoms with Gasteiger partial charge in [-0.25, -0.2) is 4.57 Å². The van der Waals surface area contributed by atoms with Crippen LogP contribution in [0.1, 0.15) is 206 Å². The van der Waals surface area contributed by atoms with Crippen molar-refractivity contribution in [3.63, 3.8) is 0 Å². The summed E-state index contributed by atoms with van der Waals surface area (Å²) in [4.78, 5) is 42.8. The number of phosphoric acid groups is 1. The van der Waals surface area contributed by atoms with E-state index in [1.54, 1.807) is 0 Å². The van der Waals surface area contributed by atoms with Crippen LogP contribution in [0, 0.1) is 0 Å². The first-order chi connectivity index (χ1) is 24.3. The fourth-order valence-electron chi connectivity index (χ4n) is 5.83. The third-order valence-corrected chi connectivity index (χ3v) is 9.43. The van der Waals surface area contributed by atoms with Crippen molar-refractivity contribution in [2.45, 2.75) is 213 Å². The van der Waals surface area contributed by atoms with Crippen molar-refractivity contribution >= 4 is 19.8 Å². The summed E-state index contributed by atoms with van der Waals surface area (Å²) in [6, 6.07) is 0. The summed E-state index contributed by atoms with van der Waals surface area (Å²) in [5, 5.41) is 0. The van der Waals surface area contributed by atoms with Gasteiger partial charge in [0.1, 0.15) is 6.61 Å². The van der Waals surface area contributed by atoms with Gasteiger partial charge in [-0.05, 0) is 64.2 Å². The minimum absolute atomic E-state index is 0.193. The van der Waals surface area contributed by atoms with Crippen LogP contribution in [0.2, 0.25) is 0 Å². The van der Waals surface area contributed by atoms with Gasteiger partial charge in [-0.15, -0.1) is 0 Å². The Morgan fingerprint density at radius 2 is 0.840 bits per heavy atom. The molecule has 0 rings (SSSR count). The van der Waals surface area contributed by atoms with Gasteiger partial charge in [-0.1, -0.05) is 154 Å². The maximum atomic E-state index is 12.4. The fourth-order valence-corrected chi connectivity index (χ4v) is 6.19. The number of phosphoric ester groups is 1. The van der Waals surface area contributed by atoms with Gasteiger partial charge in [-0.3, -0.25) is 14.1 Å². The van der Waals surface area contributed by atoms with Crippen LogP contribution in [0.4, 0.5) is 0 Å². The summed E-state index contributed by atoms with van der Waals surface area (Å²) in [7, 11) is -4.75. The Bertz CT molecular complexity index is 869. The number of hydrogen-bond acceptors (Lipinski definition) is 6. The normalized spacial score (nSPS) is 12.6. The van der Waals surface area contributed by atoms with E-state index in [0.29, 0.717) is 6.42 Å². The van der Waals surface area contributed by atoms with E-state index in [0.717, 1.165) is 44.9 Å². The Labute approximate surface area is 307 Å². The Kier molecular flexibility index (Phi) is 36.2. The highest BCUT2D eigenvalue weighted by atomic mass is 31.2. The summed E-state index contributed by atoms with van der Waals surface area (Å²) in [6.07, 6.45) is 41.9. The number of hydrogen-bond donors (Lipinski definition) is 2. The molecule has 0 radical (unpaired) electrons. The van der Waals surface area contributed by atoms with Crippen LogP contribution in [-0.2, 0) is 28.2 Å².